The molecule has 2 heterocycles. The minimum absolute atomic E-state index is 0. The Hall–Kier alpha value is -1.58. The summed E-state index contributed by atoms with van der Waals surface area (Å²) in [4.78, 5) is 6.24. The van der Waals surface area contributed by atoms with Crippen LogP contribution in [0.2, 0.25) is 0 Å². The molecule has 0 aliphatic rings. The molecule has 0 bridgehead atoms. The molecule has 92 valence electrons. The summed E-state index contributed by atoms with van der Waals surface area (Å²) in [5, 5.41) is 3.50. The van der Waals surface area contributed by atoms with Crippen LogP contribution in [0.25, 0.3) is 10.1 Å². The Labute approximate surface area is 116 Å². The van der Waals surface area contributed by atoms with Crippen molar-refractivity contribution in [2.45, 2.75) is 0 Å². The molecular formula is C14H13ClN2S. The van der Waals surface area contributed by atoms with Crippen molar-refractivity contribution >= 4 is 45.2 Å². The molecule has 0 atom stereocenters. The highest BCUT2D eigenvalue weighted by Crippen LogP contribution is 2.35. The van der Waals surface area contributed by atoms with Gasteiger partial charge < -0.3 is 4.90 Å². The smallest absolute Gasteiger partial charge is 0.0596 e. The first-order chi connectivity index (χ1) is 8.36. The maximum absolute atomic E-state index is 4.05. The van der Waals surface area contributed by atoms with Crippen molar-refractivity contribution in [3.63, 3.8) is 0 Å². The highest BCUT2D eigenvalue weighted by molar-refractivity contribution is 7.17. The maximum Gasteiger partial charge on any atom is 0.0596 e. The summed E-state index contributed by atoms with van der Waals surface area (Å²) in [6.45, 7) is 0. The van der Waals surface area contributed by atoms with Crippen LogP contribution >= 0.6 is 23.7 Å². The third-order valence-electron chi connectivity index (χ3n) is 2.87. The highest BCUT2D eigenvalue weighted by Gasteiger charge is 2.09. The van der Waals surface area contributed by atoms with Crippen LogP contribution in [0.4, 0.5) is 11.4 Å². The normalized spacial score (nSPS) is 10.1. The summed E-state index contributed by atoms with van der Waals surface area (Å²) in [5.41, 5.74) is 2.40. The standard InChI is InChI=1S/C14H12N2S.ClH/c1-16(11-6-8-15-9-7-11)13-10-17-14-5-3-2-4-12(13)14;/h2-10H,1H3;1H. The zero-order chi connectivity index (χ0) is 11.7. The quantitative estimate of drug-likeness (QED) is 0.686. The van der Waals surface area contributed by atoms with E-state index < -0.39 is 0 Å². The lowest BCUT2D eigenvalue weighted by atomic mass is 10.2. The first kappa shape index (κ1) is 12.9. The second-order valence-electron chi connectivity index (χ2n) is 3.88. The Morgan fingerprint density at radius 1 is 1.06 bits per heavy atom. The van der Waals surface area contributed by atoms with Crippen LogP contribution in [0.1, 0.15) is 0 Å². The predicted molar refractivity (Wildman–Crippen MR) is 81.4 cm³/mol. The van der Waals surface area contributed by atoms with Gasteiger partial charge in [-0.1, -0.05) is 18.2 Å². The average molecular weight is 277 g/mol. The lowest BCUT2D eigenvalue weighted by Gasteiger charge is -2.18. The fraction of sp³-hybridized carbons (Fsp3) is 0.0714. The van der Waals surface area contributed by atoms with E-state index in [-0.39, 0.29) is 12.4 Å². The molecule has 0 radical (unpaired) electrons. The summed E-state index contributed by atoms with van der Waals surface area (Å²) < 4.78 is 1.32. The topological polar surface area (TPSA) is 16.1 Å². The van der Waals surface area contributed by atoms with Crippen LogP contribution in [-0.2, 0) is 0 Å². The van der Waals surface area contributed by atoms with Crippen molar-refractivity contribution in [3.05, 3.63) is 54.2 Å². The maximum atomic E-state index is 4.05. The molecule has 0 saturated carbocycles. The molecule has 0 aliphatic carbocycles. The van der Waals surface area contributed by atoms with E-state index >= 15 is 0 Å². The van der Waals surface area contributed by atoms with E-state index in [4.69, 9.17) is 0 Å². The van der Waals surface area contributed by atoms with Gasteiger partial charge in [0.25, 0.3) is 0 Å². The first-order valence-corrected chi connectivity index (χ1v) is 6.34. The molecule has 0 amide bonds. The largest absolute Gasteiger partial charge is 0.343 e. The summed E-state index contributed by atoms with van der Waals surface area (Å²) >= 11 is 1.78. The minimum atomic E-state index is 0. The van der Waals surface area contributed by atoms with E-state index in [0.717, 1.165) is 5.69 Å². The van der Waals surface area contributed by atoms with Gasteiger partial charge in [-0.15, -0.1) is 23.7 Å². The van der Waals surface area contributed by atoms with E-state index in [1.54, 1.807) is 11.3 Å². The second-order valence-corrected chi connectivity index (χ2v) is 4.79. The van der Waals surface area contributed by atoms with Crippen LogP contribution in [0.5, 0.6) is 0 Å². The zero-order valence-corrected chi connectivity index (χ0v) is 11.5. The number of pyridine rings is 1. The Morgan fingerprint density at radius 2 is 1.78 bits per heavy atom. The molecule has 0 fully saturated rings. The van der Waals surface area contributed by atoms with E-state index in [1.165, 1.54) is 15.8 Å². The molecule has 3 aromatic rings. The molecular weight excluding hydrogens is 264 g/mol. The SMILES string of the molecule is CN(c1ccncc1)c1csc2ccccc12.Cl. The van der Waals surface area contributed by atoms with Gasteiger partial charge in [-0.05, 0) is 18.2 Å². The van der Waals surface area contributed by atoms with Gasteiger partial charge in [0.2, 0.25) is 0 Å². The summed E-state index contributed by atoms with van der Waals surface area (Å²) in [5.74, 6) is 0. The molecule has 2 nitrogen and oxygen atoms in total. The van der Waals surface area contributed by atoms with Gasteiger partial charge in [0, 0.05) is 40.6 Å². The molecule has 0 N–H and O–H groups in total. The van der Waals surface area contributed by atoms with Gasteiger partial charge >= 0.3 is 0 Å². The van der Waals surface area contributed by atoms with Crippen molar-refractivity contribution < 1.29 is 0 Å². The van der Waals surface area contributed by atoms with Crippen molar-refractivity contribution in [3.8, 4) is 0 Å². The number of aromatic nitrogens is 1. The second kappa shape index (κ2) is 5.38. The molecule has 4 heteroatoms. The molecule has 0 unspecified atom stereocenters. The fourth-order valence-electron chi connectivity index (χ4n) is 1.93. The number of fused-ring (bicyclic) bond motifs is 1. The number of thiophene rings is 1. The number of benzene rings is 1. The van der Waals surface area contributed by atoms with Crippen LogP contribution in [-0.4, -0.2) is 12.0 Å². The number of anilines is 2. The number of nitrogens with zero attached hydrogens (tertiary/aromatic N) is 2. The van der Waals surface area contributed by atoms with E-state index in [2.05, 4.69) is 46.6 Å². The average Bonchev–Trinajstić information content (AvgIpc) is 2.83. The van der Waals surface area contributed by atoms with Crippen LogP contribution in [0.15, 0.2) is 54.2 Å². The lowest BCUT2D eigenvalue weighted by molar-refractivity contribution is 1.20. The molecule has 18 heavy (non-hydrogen) atoms. The predicted octanol–water partition coefficient (Wildman–Crippen LogP) is 4.49. The number of hydrogen-bond donors (Lipinski definition) is 0. The summed E-state index contributed by atoms with van der Waals surface area (Å²) in [7, 11) is 2.09. The van der Waals surface area contributed by atoms with Crippen LogP contribution in [0, 0.1) is 0 Å². The zero-order valence-electron chi connectivity index (χ0n) is 9.91. The van der Waals surface area contributed by atoms with Crippen molar-refractivity contribution in [1.82, 2.24) is 4.98 Å². The van der Waals surface area contributed by atoms with Gasteiger partial charge in [-0.2, -0.15) is 0 Å². The molecule has 1 aromatic carbocycles. The van der Waals surface area contributed by atoms with Crippen molar-refractivity contribution in [1.29, 1.82) is 0 Å². The Balaban J connectivity index is 0.00000120. The van der Waals surface area contributed by atoms with Crippen molar-refractivity contribution in [2.75, 3.05) is 11.9 Å². The number of rotatable bonds is 2. The Morgan fingerprint density at radius 3 is 2.56 bits per heavy atom. The Bertz CT molecular complexity index is 636. The molecule has 0 aliphatic heterocycles. The van der Waals surface area contributed by atoms with Gasteiger partial charge in [-0.3, -0.25) is 4.98 Å². The van der Waals surface area contributed by atoms with E-state index in [1.807, 2.05) is 24.5 Å². The molecule has 2 aromatic heterocycles. The van der Waals surface area contributed by atoms with Gasteiger partial charge in [0.1, 0.15) is 0 Å². The molecule has 3 rings (SSSR count). The molecule has 0 spiro atoms. The third kappa shape index (κ3) is 2.19. The van der Waals surface area contributed by atoms with Gasteiger partial charge in [-0.25, -0.2) is 0 Å². The van der Waals surface area contributed by atoms with Gasteiger partial charge in [0.05, 0.1) is 5.69 Å². The van der Waals surface area contributed by atoms with E-state index in [0.29, 0.717) is 0 Å². The summed E-state index contributed by atoms with van der Waals surface area (Å²) in [6.07, 6.45) is 3.64. The number of halogens is 1. The highest BCUT2D eigenvalue weighted by atomic mass is 35.5. The Kier molecular flexibility index (Phi) is 3.84. The van der Waals surface area contributed by atoms with Crippen LogP contribution < -0.4 is 4.90 Å². The summed E-state index contributed by atoms with van der Waals surface area (Å²) in [6, 6.07) is 12.5. The lowest BCUT2D eigenvalue weighted by Crippen LogP contribution is -2.08. The minimum Gasteiger partial charge on any atom is -0.343 e. The third-order valence-corrected chi connectivity index (χ3v) is 3.82. The number of hydrogen-bond acceptors (Lipinski definition) is 3. The van der Waals surface area contributed by atoms with Crippen molar-refractivity contribution in [2.24, 2.45) is 0 Å². The monoisotopic (exact) mass is 276 g/mol. The fourth-order valence-corrected chi connectivity index (χ4v) is 2.91. The van der Waals surface area contributed by atoms with Gasteiger partial charge in [0.15, 0.2) is 0 Å². The molecule has 0 saturated heterocycles. The first-order valence-electron chi connectivity index (χ1n) is 5.46. The van der Waals surface area contributed by atoms with Crippen LogP contribution in [0.3, 0.4) is 0 Å². The van der Waals surface area contributed by atoms with E-state index in [9.17, 15) is 0 Å².